The highest BCUT2D eigenvalue weighted by atomic mass is 35.5. The molecule has 0 aliphatic rings. The van der Waals surface area contributed by atoms with Crippen LogP contribution in [0.25, 0.3) is 27.9 Å². The predicted octanol–water partition coefficient (Wildman–Crippen LogP) is 8.09. The van der Waals surface area contributed by atoms with E-state index in [9.17, 15) is 4.79 Å². The Labute approximate surface area is 198 Å². The molecule has 4 rings (SSSR count). The second-order valence-corrected chi connectivity index (χ2v) is 8.75. The zero-order valence-electron chi connectivity index (χ0n) is 16.0. The molecule has 0 saturated heterocycles. The van der Waals surface area contributed by atoms with Crippen molar-refractivity contribution in [1.82, 2.24) is 4.98 Å². The van der Waals surface area contributed by atoms with Crippen molar-refractivity contribution in [2.75, 3.05) is 5.32 Å². The van der Waals surface area contributed by atoms with Crippen LogP contribution in [0, 0.1) is 0 Å². The van der Waals surface area contributed by atoms with Crippen LogP contribution in [-0.4, -0.2) is 10.9 Å². The third-order valence-electron chi connectivity index (χ3n) is 4.42. The summed E-state index contributed by atoms with van der Waals surface area (Å²) in [5, 5.41) is 7.50. The molecule has 0 fully saturated rings. The molecule has 0 aliphatic heterocycles. The number of benzene rings is 3. The number of nitrogens with zero attached hydrogens (tertiary/aromatic N) is 1. The number of rotatable bonds is 5. The SMILES string of the molecule is O=C(/C=C/c1ccc(Cl)cc1Cl)Nc1ccc(-c2csc(-c3ccc(Cl)cc3)n2)cc1. The van der Waals surface area contributed by atoms with E-state index < -0.39 is 0 Å². The molecule has 0 aliphatic carbocycles. The number of nitrogens with one attached hydrogen (secondary N) is 1. The minimum atomic E-state index is -0.252. The molecular formula is C24H15Cl3N2OS. The molecule has 0 radical (unpaired) electrons. The fourth-order valence-electron chi connectivity index (χ4n) is 2.84. The quantitative estimate of drug-likeness (QED) is 0.290. The molecule has 154 valence electrons. The zero-order chi connectivity index (χ0) is 21.8. The van der Waals surface area contributed by atoms with Gasteiger partial charge in [0.1, 0.15) is 5.01 Å². The van der Waals surface area contributed by atoms with Gasteiger partial charge in [-0.1, -0.05) is 65.1 Å². The van der Waals surface area contributed by atoms with Gasteiger partial charge in [0.05, 0.1) is 5.69 Å². The van der Waals surface area contributed by atoms with E-state index in [4.69, 9.17) is 39.8 Å². The van der Waals surface area contributed by atoms with Crippen LogP contribution in [0.4, 0.5) is 5.69 Å². The molecule has 4 aromatic rings. The summed E-state index contributed by atoms with van der Waals surface area (Å²) >= 11 is 19.5. The molecule has 1 aromatic heterocycles. The first-order chi connectivity index (χ1) is 15.0. The van der Waals surface area contributed by atoms with Crippen LogP contribution in [-0.2, 0) is 4.79 Å². The minimum Gasteiger partial charge on any atom is -0.323 e. The van der Waals surface area contributed by atoms with E-state index in [0.717, 1.165) is 27.4 Å². The van der Waals surface area contributed by atoms with E-state index >= 15 is 0 Å². The summed E-state index contributed by atoms with van der Waals surface area (Å²) in [6, 6.07) is 20.3. The third-order valence-corrected chi connectivity index (χ3v) is 6.13. The molecule has 0 atom stereocenters. The normalized spacial score (nSPS) is 11.1. The Kier molecular flexibility index (Phi) is 6.73. The van der Waals surface area contributed by atoms with Gasteiger partial charge < -0.3 is 5.32 Å². The van der Waals surface area contributed by atoms with Gasteiger partial charge in [-0.05, 0) is 48.0 Å². The Morgan fingerprint density at radius 2 is 1.55 bits per heavy atom. The van der Waals surface area contributed by atoms with Crippen LogP contribution < -0.4 is 5.32 Å². The van der Waals surface area contributed by atoms with Crippen molar-refractivity contribution in [3.63, 3.8) is 0 Å². The number of carbonyl (C=O) groups excluding carboxylic acids is 1. The zero-order valence-corrected chi connectivity index (χ0v) is 19.1. The van der Waals surface area contributed by atoms with Gasteiger partial charge in [-0.15, -0.1) is 11.3 Å². The molecule has 7 heteroatoms. The van der Waals surface area contributed by atoms with E-state index in [2.05, 4.69) is 5.32 Å². The number of carbonyl (C=O) groups is 1. The lowest BCUT2D eigenvalue weighted by molar-refractivity contribution is -0.111. The van der Waals surface area contributed by atoms with E-state index in [-0.39, 0.29) is 5.91 Å². The molecular weight excluding hydrogens is 471 g/mol. The van der Waals surface area contributed by atoms with Gasteiger partial charge in [-0.25, -0.2) is 4.98 Å². The van der Waals surface area contributed by atoms with Crippen molar-refractivity contribution in [3.8, 4) is 21.8 Å². The second kappa shape index (κ2) is 9.67. The third kappa shape index (κ3) is 5.54. The number of amides is 1. The summed E-state index contributed by atoms with van der Waals surface area (Å²) < 4.78 is 0. The van der Waals surface area contributed by atoms with Gasteiger partial charge in [0.2, 0.25) is 5.91 Å². The van der Waals surface area contributed by atoms with Crippen LogP contribution in [0.15, 0.2) is 78.2 Å². The molecule has 1 heterocycles. The summed E-state index contributed by atoms with van der Waals surface area (Å²) in [4.78, 5) is 16.9. The van der Waals surface area contributed by atoms with E-state index in [1.54, 1.807) is 35.6 Å². The monoisotopic (exact) mass is 484 g/mol. The summed E-state index contributed by atoms with van der Waals surface area (Å²) in [5.74, 6) is -0.252. The fourth-order valence-corrected chi connectivity index (χ4v) is 4.27. The fraction of sp³-hybridized carbons (Fsp3) is 0. The van der Waals surface area contributed by atoms with Gasteiger partial charge in [0.25, 0.3) is 0 Å². The highest BCUT2D eigenvalue weighted by molar-refractivity contribution is 7.13. The maximum Gasteiger partial charge on any atom is 0.248 e. The largest absolute Gasteiger partial charge is 0.323 e. The predicted molar refractivity (Wildman–Crippen MR) is 132 cm³/mol. The average molecular weight is 486 g/mol. The first-order valence-electron chi connectivity index (χ1n) is 9.24. The average Bonchev–Trinajstić information content (AvgIpc) is 3.24. The molecule has 1 amide bonds. The van der Waals surface area contributed by atoms with E-state index in [0.29, 0.717) is 20.8 Å². The minimum absolute atomic E-state index is 0.252. The topological polar surface area (TPSA) is 42.0 Å². The molecule has 0 bridgehead atoms. The molecule has 31 heavy (non-hydrogen) atoms. The second-order valence-electron chi connectivity index (χ2n) is 6.61. The lowest BCUT2D eigenvalue weighted by atomic mass is 10.1. The lowest BCUT2D eigenvalue weighted by Gasteiger charge is -2.04. The van der Waals surface area contributed by atoms with E-state index in [1.807, 2.05) is 53.9 Å². The van der Waals surface area contributed by atoms with Crippen molar-refractivity contribution < 1.29 is 4.79 Å². The van der Waals surface area contributed by atoms with E-state index in [1.165, 1.54) is 6.08 Å². The summed E-state index contributed by atoms with van der Waals surface area (Å²) in [5.41, 5.74) is 4.28. The van der Waals surface area contributed by atoms with Crippen molar-refractivity contribution >= 4 is 63.8 Å². The summed E-state index contributed by atoms with van der Waals surface area (Å²) in [6.45, 7) is 0. The van der Waals surface area contributed by atoms with Crippen LogP contribution in [0.5, 0.6) is 0 Å². The van der Waals surface area contributed by atoms with Crippen molar-refractivity contribution in [3.05, 3.63) is 98.8 Å². The van der Waals surface area contributed by atoms with Crippen LogP contribution in [0.1, 0.15) is 5.56 Å². The number of aromatic nitrogens is 1. The lowest BCUT2D eigenvalue weighted by Crippen LogP contribution is -2.07. The first kappa shape index (κ1) is 21.6. The smallest absolute Gasteiger partial charge is 0.248 e. The highest BCUT2D eigenvalue weighted by Crippen LogP contribution is 2.30. The Bertz CT molecular complexity index is 1250. The number of anilines is 1. The molecule has 3 nitrogen and oxygen atoms in total. The van der Waals surface area contributed by atoms with Crippen molar-refractivity contribution in [2.24, 2.45) is 0 Å². The Morgan fingerprint density at radius 1 is 0.871 bits per heavy atom. The summed E-state index contributed by atoms with van der Waals surface area (Å²) in [6.07, 6.45) is 3.08. The highest BCUT2D eigenvalue weighted by Gasteiger charge is 2.07. The van der Waals surface area contributed by atoms with Crippen LogP contribution in [0.3, 0.4) is 0 Å². The number of halogens is 3. The van der Waals surface area contributed by atoms with Crippen LogP contribution in [0.2, 0.25) is 15.1 Å². The van der Waals surface area contributed by atoms with Crippen molar-refractivity contribution in [1.29, 1.82) is 0 Å². The maximum absolute atomic E-state index is 12.2. The molecule has 0 spiro atoms. The Hall–Kier alpha value is -2.63. The molecule has 0 unspecified atom stereocenters. The Morgan fingerprint density at radius 3 is 2.26 bits per heavy atom. The standard InChI is InChI=1S/C24H15Cl3N2OS/c25-18-7-2-17(3-8-18)24-29-22(14-31-24)16-4-10-20(11-5-16)28-23(30)12-6-15-1-9-19(26)13-21(15)27/h1-14H,(H,28,30)/b12-6+. The first-order valence-corrected chi connectivity index (χ1v) is 11.3. The maximum atomic E-state index is 12.2. The van der Waals surface area contributed by atoms with Gasteiger partial charge in [-0.3, -0.25) is 4.79 Å². The Balaban J connectivity index is 1.42. The van der Waals surface area contributed by atoms with Gasteiger partial charge >= 0.3 is 0 Å². The number of hydrogen-bond acceptors (Lipinski definition) is 3. The van der Waals surface area contributed by atoms with Gasteiger partial charge in [0, 0.05) is 43.3 Å². The number of hydrogen-bond donors (Lipinski definition) is 1. The molecule has 3 aromatic carbocycles. The number of thiazole rings is 1. The molecule has 0 saturated carbocycles. The van der Waals surface area contributed by atoms with Gasteiger partial charge in [-0.2, -0.15) is 0 Å². The van der Waals surface area contributed by atoms with Gasteiger partial charge in [0.15, 0.2) is 0 Å². The van der Waals surface area contributed by atoms with Crippen LogP contribution >= 0.6 is 46.1 Å². The molecule has 1 N–H and O–H groups in total. The van der Waals surface area contributed by atoms with Crippen molar-refractivity contribution in [2.45, 2.75) is 0 Å². The summed E-state index contributed by atoms with van der Waals surface area (Å²) in [7, 11) is 0.